The highest BCUT2D eigenvalue weighted by molar-refractivity contribution is 6.05. The van der Waals surface area contributed by atoms with Crippen molar-refractivity contribution in [2.75, 3.05) is 13.2 Å². The van der Waals surface area contributed by atoms with Crippen LogP contribution in [0.5, 0.6) is 0 Å². The van der Waals surface area contributed by atoms with Crippen molar-refractivity contribution in [2.24, 2.45) is 5.92 Å². The highest BCUT2D eigenvalue weighted by Gasteiger charge is 2.21. The zero-order valence-corrected chi connectivity index (χ0v) is 14.0. The number of hydrogen-bond donors (Lipinski definition) is 2. The normalized spacial score (nSPS) is 20.9. The van der Waals surface area contributed by atoms with E-state index in [2.05, 4.69) is 17.2 Å². The lowest BCUT2D eigenvalue weighted by atomic mass is 9.88. The van der Waals surface area contributed by atoms with Gasteiger partial charge in [-0.25, -0.2) is 0 Å². The molecule has 0 bridgehead atoms. The minimum absolute atomic E-state index is 0.238. The van der Waals surface area contributed by atoms with Crippen molar-refractivity contribution in [3.05, 3.63) is 46.2 Å². The first kappa shape index (κ1) is 16.7. The summed E-state index contributed by atoms with van der Waals surface area (Å²) in [6.07, 6.45) is 5.13. The molecule has 1 aliphatic carbocycles. The Balaban J connectivity index is 1.58. The average molecular weight is 328 g/mol. The van der Waals surface area contributed by atoms with Crippen LogP contribution in [0.3, 0.4) is 0 Å². The molecule has 2 N–H and O–H groups in total. The Labute approximate surface area is 141 Å². The van der Waals surface area contributed by atoms with E-state index >= 15 is 0 Å². The number of aromatic nitrogens is 1. The molecule has 24 heavy (non-hydrogen) atoms. The van der Waals surface area contributed by atoms with E-state index in [1.54, 1.807) is 6.07 Å². The molecule has 0 aliphatic heterocycles. The number of benzene rings is 1. The number of H-pyrrole nitrogens is 1. The zero-order valence-electron chi connectivity index (χ0n) is 14.0. The fourth-order valence-corrected chi connectivity index (χ4v) is 3.39. The molecule has 1 aliphatic rings. The summed E-state index contributed by atoms with van der Waals surface area (Å²) in [5, 5.41) is 3.60. The van der Waals surface area contributed by atoms with Gasteiger partial charge in [-0.05, 0) is 24.8 Å². The van der Waals surface area contributed by atoms with Crippen LogP contribution in [0.2, 0.25) is 0 Å². The summed E-state index contributed by atoms with van der Waals surface area (Å²) in [6.45, 7) is 3.18. The first-order valence-electron chi connectivity index (χ1n) is 8.67. The molecule has 128 valence electrons. The van der Waals surface area contributed by atoms with E-state index in [-0.39, 0.29) is 11.5 Å². The lowest BCUT2D eigenvalue weighted by molar-refractivity contribution is -0.00293. The van der Waals surface area contributed by atoms with E-state index in [1.165, 1.54) is 25.3 Å². The number of nitrogens with one attached hydrogen (secondary N) is 2. The summed E-state index contributed by atoms with van der Waals surface area (Å²) in [5.41, 5.74) is 0.800. The van der Waals surface area contributed by atoms with Gasteiger partial charge in [0.05, 0.1) is 18.3 Å². The van der Waals surface area contributed by atoms with Gasteiger partial charge in [-0.1, -0.05) is 38.0 Å². The van der Waals surface area contributed by atoms with E-state index in [9.17, 15) is 9.59 Å². The summed E-state index contributed by atoms with van der Waals surface area (Å²) in [7, 11) is 0. The van der Waals surface area contributed by atoms with Gasteiger partial charge in [0.1, 0.15) is 0 Å². The van der Waals surface area contributed by atoms with Crippen LogP contribution in [0.4, 0.5) is 0 Å². The van der Waals surface area contributed by atoms with Crippen LogP contribution in [0.15, 0.2) is 35.1 Å². The van der Waals surface area contributed by atoms with E-state index < -0.39 is 0 Å². The van der Waals surface area contributed by atoms with Gasteiger partial charge in [-0.15, -0.1) is 0 Å². The molecule has 1 aromatic carbocycles. The Kier molecular flexibility index (Phi) is 5.30. The third kappa shape index (κ3) is 3.85. The highest BCUT2D eigenvalue weighted by atomic mass is 16.5. The molecule has 3 rings (SSSR count). The maximum absolute atomic E-state index is 12.4. The number of aromatic amines is 1. The predicted molar refractivity (Wildman–Crippen MR) is 94.3 cm³/mol. The molecule has 1 aromatic heterocycles. The van der Waals surface area contributed by atoms with Gasteiger partial charge < -0.3 is 15.0 Å². The number of pyridine rings is 1. The number of carbonyl (C=O) groups is 1. The Morgan fingerprint density at radius 1 is 1.29 bits per heavy atom. The lowest BCUT2D eigenvalue weighted by Gasteiger charge is -2.28. The number of hydrogen-bond acceptors (Lipinski definition) is 3. The van der Waals surface area contributed by atoms with Gasteiger partial charge in [-0.3, -0.25) is 9.59 Å². The third-order valence-electron chi connectivity index (χ3n) is 4.75. The van der Waals surface area contributed by atoms with Crippen LogP contribution in [0.1, 0.15) is 43.0 Å². The van der Waals surface area contributed by atoms with Crippen molar-refractivity contribution in [2.45, 2.75) is 38.7 Å². The quantitative estimate of drug-likeness (QED) is 0.829. The largest absolute Gasteiger partial charge is 0.376 e. The van der Waals surface area contributed by atoms with E-state index in [0.717, 1.165) is 11.8 Å². The first-order valence-corrected chi connectivity index (χ1v) is 8.67. The van der Waals surface area contributed by atoms with Gasteiger partial charge in [-0.2, -0.15) is 0 Å². The number of amides is 1. The summed E-state index contributed by atoms with van der Waals surface area (Å²) < 4.78 is 5.91. The number of para-hydroxylation sites is 1. The van der Waals surface area contributed by atoms with Gasteiger partial charge in [0.2, 0.25) is 5.56 Å². The second kappa shape index (κ2) is 7.62. The molecule has 2 atom stereocenters. The Hall–Kier alpha value is -2.14. The molecule has 1 saturated carbocycles. The third-order valence-corrected chi connectivity index (χ3v) is 4.75. The maximum Gasteiger partial charge on any atom is 0.252 e. The zero-order chi connectivity index (χ0) is 16.9. The molecular formula is C19H24N2O3. The predicted octanol–water partition coefficient (Wildman–Crippen LogP) is 2.85. The molecule has 1 fully saturated rings. The molecule has 2 aromatic rings. The fraction of sp³-hybridized carbons (Fsp3) is 0.474. The minimum atomic E-state index is -0.272. The van der Waals surface area contributed by atoms with Crippen LogP contribution >= 0.6 is 0 Å². The minimum Gasteiger partial charge on any atom is -0.376 e. The van der Waals surface area contributed by atoms with Crippen molar-refractivity contribution in [3.8, 4) is 0 Å². The van der Waals surface area contributed by atoms with Gasteiger partial charge in [0.25, 0.3) is 5.91 Å². The van der Waals surface area contributed by atoms with E-state index in [1.807, 2.05) is 18.2 Å². The molecule has 5 heteroatoms. The summed E-state index contributed by atoms with van der Waals surface area (Å²) >= 11 is 0. The van der Waals surface area contributed by atoms with Crippen LogP contribution in [-0.2, 0) is 4.74 Å². The van der Waals surface area contributed by atoms with Gasteiger partial charge in [0, 0.05) is 23.5 Å². The lowest BCUT2D eigenvalue weighted by Crippen LogP contribution is -2.32. The summed E-state index contributed by atoms with van der Waals surface area (Å²) in [4.78, 5) is 26.9. The number of ether oxygens (including phenoxy) is 1. The Morgan fingerprint density at radius 2 is 2.08 bits per heavy atom. The second-order valence-electron chi connectivity index (χ2n) is 6.52. The van der Waals surface area contributed by atoms with Crippen LogP contribution < -0.4 is 10.9 Å². The second-order valence-corrected chi connectivity index (χ2v) is 6.52. The Morgan fingerprint density at radius 3 is 2.92 bits per heavy atom. The number of rotatable bonds is 5. The fourth-order valence-electron chi connectivity index (χ4n) is 3.39. The van der Waals surface area contributed by atoms with Crippen molar-refractivity contribution >= 4 is 16.8 Å². The number of carbonyl (C=O) groups excluding carboxylic acids is 1. The van der Waals surface area contributed by atoms with Crippen molar-refractivity contribution in [3.63, 3.8) is 0 Å². The monoisotopic (exact) mass is 328 g/mol. The van der Waals surface area contributed by atoms with Crippen molar-refractivity contribution < 1.29 is 9.53 Å². The number of fused-ring (bicyclic) bond motifs is 1. The van der Waals surface area contributed by atoms with Crippen molar-refractivity contribution in [1.29, 1.82) is 0 Å². The SMILES string of the molecule is C[C@H]1CCCC[C@H]1OCCNC(=O)c1cc(=O)[nH]c2ccccc12. The molecule has 5 nitrogen and oxygen atoms in total. The molecule has 0 unspecified atom stereocenters. The molecule has 1 heterocycles. The van der Waals surface area contributed by atoms with Crippen molar-refractivity contribution in [1.82, 2.24) is 10.3 Å². The van der Waals surface area contributed by atoms with Gasteiger partial charge >= 0.3 is 0 Å². The average Bonchev–Trinajstić information content (AvgIpc) is 2.59. The topological polar surface area (TPSA) is 71.2 Å². The van der Waals surface area contributed by atoms with E-state index in [4.69, 9.17) is 4.74 Å². The molecule has 0 radical (unpaired) electrons. The smallest absolute Gasteiger partial charge is 0.252 e. The molecule has 1 amide bonds. The van der Waals surface area contributed by atoms with Crippen LogP contribution in [0.25, 0.3) is 10.9 Å². The maximum atomic E-state index is 12.4. The molecule has 0 spiro atoms. The van der Waals surface area contributed by atoms with Crippen LogP contribution in [0, 0.1) is 5.92 Å². The van der Waals surface area contributed by atoms with E-state index in [0.29, 0.717) is 36.3 Å². The van der Waals surface area contributed by atoms with Gasteiger partial charge in [0.15, 0.2) is 0 Å². The highest BCUT2D eigenvalue weighted by Crippen LogP contribution is 2.26. The molecule has 0 saturated heterocycles. The standard InChI is InChI=1S/C19H24N2O3/c1-13-6-2-5-9-17(13)24-11-10-20-19(23)15-12-18(22)21-16-8-4-3-7-14(15)16/h3-4,7-8,12-13,17H,2,5-6,9-11H2,1H3,(H,20,23)(H,21,22)/t13-,17+/m0/s1. The Bertz CT molecular complexity index is 769. The summed E-state index contributed by atoms with van der Waals surface area (Å²) in [6, 6.07) is 8.66. The van der Waals surface area contributed by atoms with Crippen LogP contribution in [-0.4, -0.2) is 30.1 Å². The first-order chi connectivity index (χ1) is 11.6. The molecular weight excluding hydrogens is 304 g/mol. The summed E-state index contributed by atoms with van der Waals surface area (Å²) in [5.74, 6) is 0.351.